The molecule has 2 nitrogen and oxygen atoms in total. The van der Waals surface area contributed by atoms with Crippen LogP contribution in [0.25, 0.3) is 0 Å². The summed E-state index contributed by atoms with van der Waals surface area (Å²) in [7, 11) is 0. The van der Waals surface area contributed by atoms with E-state index in [0.29, 0.717) is 0 Å². The molecular formula is C15H18N2. The average molecular weight is 226 g/mol. The quantitative estimate of drug-likeness (QED) is 0.784. The number of hydrogen-bond acceptors (Lipinski definition) is 2. The summed E-state index contributed by atoms with van der Waals surface area (Å²) >= 11 is 0. The summed E-state index contributed by atoms with van der Waals surface area (Å²) in [4.78, 5) is 8.88. The third-order valence-electron chi connectivity index (χ3n) is 3.11. The van der Waals surface area contributed by atoms with Gasteiger partial charge in [-0.05, 0) is 38.8 Å². The molecule has 0 N–H and O–H groups in total. The summed E-state index contributed by atoms with van der Waals surface area (Å²) in [6, 6.07) is 8.56. The summed E-state index contributed by atoms with van der Waals surface area (Å²) in [5.74, 6) is 0.868. The molecule has 0 spiro atoms. The third kappa shape index (κ3) is 2.36. The van der Waals surface area contributed by atoms with Crippen LogP contribution in [0.3, 0.4) is 0 Å². The second-order valence-electron chi connectivity index (χ2n) is 5.08. The molecule has 1 heterocycles. The first-order valence-electron chi connectivity index (χ1n) is 5.86. The molecule has 1 aromatic heterocycles. The van der Waals surface area contributed by atoms with Gasteiger partial charge in [0, 0.05) is 17.8 Å². The van der Waals surface area contributed by atoms with Crippen LogP contribution in [0.5, 0.6) is 0 Å². The van der Waals surface area contributed by atoms with Gasteiger partial charge in [0.05, 0.1) is 0 Å². The van der Waals surface area contributed by atoms with E-state index >= 15 is 0 Å². The fourth-order valence-corrected chi connectivity index (χ4v) is 1.81. The molecule has 88 valence electrons. The monoisotopic (exact) mass is 226 g/mol. The fourth-order valence-electron chi connectivity index (χ4n) is 1.81. The number of nitrogens with zero attached hydrogens (tertiary/aromatic N) is 2. The second kappa shape index (κ2) is 4.28. The van der Waals surface area contributed by atoms with Crippen LogP contribution >= 0.6 is 0 Å². The van der Waals surface area contributed by atoms with Crippen LogP contribution in [0.2, 0.25) is 0 Å². The van der Waals surface area contributed by atoms with E-state index < -0.39 is 0 Å². The maximum absolute atomic E-state index is 4.44. The standard InChI is InChI=1S/C15H18N2/c1-11-5-7-13(8-6-11)15(3,4)14-16-9-12(2)10-17-14/h5-10H,1-4H3. The number of rotatable bonds is 2. The number of benzene rings is 1. The van der Waals surface area contributed by atoms with Crippen LogP contribution in [0, 0.1) is 13.8 Å². The Hall–Kier alpha value is -1.70. The van der Waals surface area contributed by atoms with Gasteiger partial charge in [-0.3, -0.25) is 0 Å². The summed E-state index contributed by atoms with van der Waals surface area (Å²) in [5, 5.41) is 0. The molecule has 0 fully saturated rings. The molecule has 2 aromatic rings. The van der Waals surface area contributed by atoms with Crippen molar-refractivity contribution in [2.45, 2.75) is 33.1 Å². The van der Waals surface area contributed by atoms with E-state index in [1.807, 2.05) is 19.3 Å². The van der Waals surface area contributed by atoms with Crippen molar-refractivity contribution in [2.24, 2.45) is 0 Å². The Labute approximate surface area is 103 Å². The van der Waals surface area contributed by atoms with Crippen molar-refractivity contribution in [2.75, 3.05) is 0 Å². The van der Waals surface area contributed by atoms with E-state index in [1.165, 1.54) is 11.1 Å². The minimum absolute atomic E-state index is 0.151. The highest BCUT2D eigenvalue weighted by atomic mass is 14.9. The van der Waals surface area contributed by atoms with Crippen LogP contribution in [0.15, 0.2) is 36.7 Å². The largest absolute Gasteiger partial charge is 0.240 e. The molecule has 0 aliphatic carbocycles. The Bertz CT molecular complexity index is 448. The average Bonchev–Trinajstić information content (AvgIpc) is 2.30. The zero-order chi connectivity index (χ0) is 12.5. The predicted molar refractivity (Wildman–Crippen MR) is 70.1 cm³/mol. The van der Waals surface area contributed by atoms with E-state index in [1.54, 1.807) is 0 Å². The normalized spacial score (nSPS) is 11.5. The van der Waals surface area contributed by atoms with Crippen molar-refractivity contribution in [3.8, 4) is 0 Å². The minimum atomic E-state index is -0.151. The maximum atomic E-state index is 4.44. The van der Waals surface area contributed by atoms with Crippen molar-refractivity contribution < 1.29 is 0 Å². The molecule has 0 bridgehead atoms. The first-order chi connectivity index (χ1) is 8.00. The molecule has 1 aromatic carbocycles. The van der Waals surface area contributed by atoms with Crippen LogP contribution in [-0.4, -0.2) is 9.97 Å². The SMILES string of the molecule is Cc1ccc(C(C)(C)c2ncc(C)cn2)cc1. The van der Waals surface area contributed by atoms with Gasteiger partial charge in [0.15, 0.2) is 0 Å². The van der Waals surface area contributed by atoms with Gasteiger partial charge in [0.2, 0.25) is 0 Å². The van der Waals surface area contributed by atoms with Crippen LogP contribution < -0.4 is 0 Å². The van der Waals surface area contributed by atoms with Gasteiger partial charge in [-0.1, -0.05) is 29.8 Å². The molecule has 2 rings (SSSR count). The Balaban J connectivity index is 2.41. The Morgan fingerprint density at radius 1 is 0.824 bits per heavy atom. The maximum Gasteiger partial charge on any atom is 0.138 e. The van der Waals surface area contributed by atoms with E-state index in [2.05, 4.69) is 55.0 Å². The van der Waals surface area contributed by atoms with Crippen LogP contribution in [-0.2, 0) is 5.41 Å². The third-order valence-corrected chi connectivity index (χ3v) is 3.11. The Morgan fingerprint density at radius 3 is 1.88 bits per heavy atom. The molecule has 0 atom stereocenters. The van der Waals surface area contributed by atoms with Crippen molar-refractivity contribution in [3.63, 3.8) is 0 Å². The molecule has 0 amide bonds. The first kappa shape index (κ1) is 11.8. The number of aromatic nitrogens is 2. The van der Waals surface area contributed by atoms with Crippen LogP contribution in [0.1, 0.15) is 36.4 Å². The summed E-state index contributed by atoms with van der Waals surface area (Å²) in [6.45, 7) is 8.41. The molecule has 0 saturated carbocycles. The molecule has 17 heavy (non-hydrogen) atoms. The lowest BCUT2D eigenvalue weighted by Gasteiger charge is -2.23. The Kier molecular flexibility index (Phi) is 2.97. The van der Waals surface area contributed by atoms with Crippen molar-refractivity contribution in [1.82, 2.24) is 9.97 Å². The van der Waals surface area contributed by atoms with Gasteiger partial charge >= 0.3 is 0 Å². The molecule has 0 saturated heterocycles. The molecule has 0 aliphatic rings. The van der Waals surface area contributed by atoms with Gasteiger partial charge in [0.25, 0.3) is 0 Å². The summed E-state index contributed by atoms with van der Waals surface area (Å²) in [6.07, 6.45) is 3.75. The molecule has 2 heteroatoms. The zero-order valence-corrected chi connectivity index (χ0v) is 10.9. The highest BCUT2D eigenvalue weighted by Gasteiger charge is 2.25. The number of aryl methyl sites for hydroxylation is 2. The fraction of sp³-hybridized carbons (Fsp3) is 0.333. The van der Waals surface area contributed by atoms with Crippen LogP contribution in [0.4, 0.5) is 0 Å². The zero-order valence-electron chi connectivity index (χ0n) is 10.9. The second-order valence-corrected chi connectivity index (χ2v) is 5.08. The Morgan fingerprint density at radius 2 is 1.35 bits per heavy atom. The first-order valence-corrected chi connectivity index (χ1v) is 5.86. The van der Waals surface area contributed by atoms with Gasteiger partial charge < -0.3 is 0 Å². The highest BCUT2D eigenvalue weighted by molar-refractivity contribution is 5.32. The lowest BCUT2D eigenvalue weighted by Crippen LogP contribution is -2.22. The lowest BCUT2D eigenvalue weighted by atomic mass is 9.83. The molecule has 0 radical (unpaired) electrons. The lowest BCUT2D eigenvalue weighted by molar-refractivity contribution is 0.588. The molecule has 0 aliphatic heterocycles. The summed E-state index contributed by atoms with van der Waals surface area (Å²) < 4.78 is 0. The van der Waals surface area contributed by atoms with E-state index in [0.717, 1.165) is 11.4 Å². The topological polar surface area (TPSA) is 25.8 Å². The van der Waals surface area contributed by atoms with Gasteiger partial charge in [-0.15, -0.1) is 0 Å². The van der Waals surface area contributed by atoms with E-state index in [9.17, 15) is 0 Å². The molecular weight excluding hydrogens is 208 g/mol. The van der Waals surface area contributed by atoms with E-state index in [4.69, 9.17) is 0 Å². The highest BCUT2D eigenvalue weighted by Crippen LogP contribution is 2.28. The van der Waals surface area contributed by atoms with Gasteiger partial charge in [-0.25, -0.2) is 9.97 Å². The smallest absolute Gasteiger partial charge is 0.138 e. The van der Waals surface area contributed by atoms with Gasteiger partial charge in [0.1, 0.15) is 5.82 Å². The number of hydrogen-bond donors (Lipinski definition) is 0. The van der Waals surface area contributed by atoms with Crippen molar-refractivity contribution >= 4 is 0 Å². The summed E-state index contributed by atoms with van der Waals surface area (Å²) in [5.41, 5.74) is 3.45. The van der Waals surface area contributed by atoms with Crippen molar-refractivity contribution in [3.05, 3.63) is 59.2 Å². The van der Waals surface area contributed by atoms with E-state index in [-0.39, 0.29) is 5.41 Å². The minimum Gasteiger partial charge on any atom is -0.240 e. The predicted octanol–water partition coefficient (Wildman–Crippen LogP) is 3.42. The molecule has 0 unspecified atom stereocenters. The van der Waals surface area contributed by atoms with Crippen molar-refractivity contribution in [1.29, 1.82) is 0 Å². The van der Waals surface area contributed by atoms with Gasteiger partial charge in [-0.2, -0.15) is 0 Å².